The van der Waals surface area contributed by atoms with Gasteiger partial charge in [-0.1, -0.05) is 0 Å². The number of carbonyl (C=O) groups excluding carboxylic acids is 4. The predicted octanol–water partition coefficient (Wildman–Crippen LogP) is 1.25. The van der Waals surface area contributed by atoms with E-state index in [0.29, 0.717) is 16.8 Å². The largest absolute Gasteiger partial charge is 0.465 e. The average molecular weight is 378 g/mol. The molecule has 148 valence electrons. The lowest BCUT2D eigenvalue weighted by atomic mass is 10.1. The number of hydrogen-bond donors (Lipinski definition) is 1. The van der Waals surface area contributed by atoms with Gasteiger partial charge in [-0.15, -0.1) is 0 Å². The molecular formula is C19H26N2O6. The summed E-state index contributed by atoms with van der Waals surface area (Å²) in [5, 5.41) is 2.52. The van der Waals surface area contributed by atoms with Crippen molar-refractivity contribution in [3.05, 3.63) is 29.3 Å². The summed E-state index contributed by atoms with van der Waals surface area (Å²) in [5.74, 6) is -1.46. The molecule has 0 saturated heterocycles. The Hall–Kier alpha value is -2.90. The van der Waals surface area contributed by atoms with E-state index in [1.165, 1.54) is 6.92 Å². The Balaban J connectivity index is 3.02. The monoisotopic (exact) mass is 378 g/mol. The number of rotatable bonds is 10. The van der Waals surface area contributed by atoms with Crippen molar-refractivity contribution in [1.29, 1.82) is 0 Å². The highest BCUT2D eigenvalue weighted by Crippen LogP contribution is 2.21. The first-order chi connectivity index (χ1) is 12.8. The van der Waals surface area contributed by atoms with Gasteiger partial charge in [-0.05, 0) is 51.5 Å². The molecule has 0 aliphatic carbocycles. The van der Waals surface area contributed by atoms with Gasteiger partial charge in [0.15, 0.2) is 0 Å². The second-order valence-electron chi connectivity index (χ2n) is 5.85. The van der Waals surface area contributed by atoms with Crippen LogP contribution in [0.3, 0.4) is 0 Å². The topological polar surface area (TPSA) is 102 Å². The van der Waals surface area contributed by atoms with E-state index in [2.05, 4.69) is 5.32 Å². The molecule has 1 aromatic carbocycles. The Morgan fingerprint density at radius 1 is 1.00 bits per heavy atom. The molecule has 1 amide bonds. The minimum absolute atomic E-state index is 0.0442. The summed E-state index contributed by atoms with van der Waals surface area (Å²) in [7, 11) is 0. The van der Waals surface area contributed by atoms with Crippen LogP contribution in [0.15, 0.2) is 18.2 Å². The number of amides is 1. The molecule has 0 aliphatic rings. The van der Waals surface area contributed by atoms with Gasteiger partial charge in [-0.2, -0.15) is 0 Å². The molecule has 8 heteroatoms. The van der Waals surface area contributed by atoms with E-state index >= 15 is 0 Å². The number of nitrogens with zero attached hydrogens (tertiary/aromatic N) is 1. The summed E-state index contributed by atoms with van der Waals surface area (Å²) in [6.07, 6.45) is 0. The Labute approximate surface area is 158 Å². The summed E-state index contributed by atoms with van der Waals surface area (Å²) in [6.45, 7) is 6.74. The maximum absolute atomic E-state index is 12.1. The maximum Gasteiger partial charge on any atom is 0.325 e. The van der Waals surface area contributed by atoms with E-state index in [9.17, 15) is 19.2 Å². The molecule has 27 heavy (non-hydrogen) atoms. The standard InChI is InChI=1S/C19H26N2O6/c1-5-26-17(23)11-21(12-18(24)27-6-2)16-8-7-15(9-13(16)3)19(25)20-10-14(4)22/h7-9H,5-6,10-12H2,1-4H3,(H,20,25). The molecule has 0 saturated carbocycles. The van der Waals surface area contributed by atoms with Crippen molar-refractivity contribution in [2.75, 3.05) is 37.7 Å². The molecule has 0 aromatic heterocycles. The van der Waals surface area contributed by atoms with Gasteiger partial charge < -0.3 is 19.7 Å². The van der Waals surface area contributed by atoms with E-state index in [0.717, 1.165) is 0 Å². The van der Waals surface area contributed by atoms with Gasteiger partial charge in [0.1, 0.15) is 18.9 Å². The molecule has 0 aliphatic heterocycles. The number of esters is 2. The fourth-order valence-electron chi connectivity index (χ4n) is 2.41. The summed E-state index contributed by atoms with van der Waals surface area (Å²) < 4.78 is 9.93. The van der Waals surface area contributed by atoms with Crippen LogP contribution in [-0.4, -0.2) is 56.5 Å². The van der Waals surface area contributed by atoms with Gasteiger partial charge in [0.25, 0.3) is 5.91 Å². The van der Waals surface area contributed by atoms with E-state index in [1.807, 2.05) is 0 Å². The van der Waals surface area contributed by atoms with Gasteiger partial charge in [0, 0.05) is 11.3 Å². The fraction of sp³-hybridized carbons (Fsp3) is 0.474. The molecule has 1 N–H and O–H groups in total. The molecule has 0 heterocycles. The number of carbonyl (C=O) groups is 4. The number of nitrogens with one attached hydrogen (secondary N) is 1. The third-order valence-electron chi connectivity index (χ3n) is 3.55. The van der Waals surface area contributed by atoms with Crippen LogP contribution in [0.5, 0.6) is 0 Å². The minimum atomic E-state index is -0.468. The Morgan fingerprint density at radius 2 is 1.56 bits per heavy atom. The van der Waals surface area contributed by atoms with Crippen molar-refractivity contribution < 1.29 is 28.7 Å². The van der Waals surface area contributed by atoms with E-state index in [-0.39, 0.29) is 44.5 Å². The van der Waals surface area contributed by atoms with Crippen molar-refractivity contribution in [3.8, 4) is 0 Å². The molecule has 0 unspecified atom stereocenters. The first-order valence-electron chi connectivity index (χ1n) is 8.72. The summed E-state index contributed by atoms with van der Waals surface area (Å²) in [6, 6.07) is 4.85. The zero-order chi connectivity index (χ0) is 20.4. The molecule has 1 rings (SSSR count). The smallest absolute Gasteiger partial charge is 0.325 e. The molecule has 0 bridgehead atoms. The quantitative estimate of drug-likeness (QED) is 0.611. The number of Topliss-reactive ketones (excluding diaryl/α,β-unsaturated/α-hetero) is 1. The van der Waals surface area contributed by atoms with Gasteiger partial charge in [0.05, 0.1) is 19.8 Å². The lowest BCUT2D eigenvalue weighted by Gasteiger charge is -2.24. The van der Waals surface area contributed by atoms with Crippen molar-refractivity contribution in [2.45, 2.75) is 27.7 Å². The van der Waals surface area contributed by atoms with Crippen molar-refractivity contribution >= 4 is 29.3 Å². The van der Waals surface area contributed by atoms with Crippen LogP contribution < -0.4 is 10.2 Å². The van der Waals surface area contributed by atoms with Crippen LogP contribution >= 0.6 is 0 Å². The molecule has 0 atom stereocenters. The van der Waals surface area contributed by atoms with Crippen LogP contribution in [0.1, 0.15) is 36.7 Å². The first-order valence-corrected chi connectivity index (χ1v) is 8.72. The highest BCUT2D eigenvalue weighted by molar-refractivity contribution is 5.97. The molecule has 8 nitrogen and oxygen atoms in total. The predicted molar refractivity (Wildman–Crippen MR) is 99.7 cm³/mol. The Kier molecular flexibility index (Phi) is 8.98. The zero-order valence-corrected chi connectivity index (χ0v) is 16.2. The van der Waals surface area contributed by atoms with Crippen molar-refractivity contribution in [2.24, 2.45) is 0 Å². The Morgan fingerprint density at radius 3 is 2.00 bits per heavy atom. The van der Waals surface area contributed by atoms with Crippen LogP contribution in [-0.2, 0) is 23.9 Å². The normalized spacial score (nSPS) is 10.1. The van der Waals surface area contributed by atoms with E-state index < -0.39 is 11.9 Å². The van der Waals surface area contributed by atoms with Gasteiger partial charge in [0.2, 0.25) is 0 Å². The lowest BCUT2D eigenvalue weighted by molar-refractivity contribution is -0.142. The number of hydrogen-bond acceptors (Lipinski definition) is 7. The van der Waals surface area contributed by atoms with Crippen LogP contribution in [0.2, 0.25) is 0 Å². The highest BCUT2D eigenvalue weighted by atomic mass is 16.5. The third-order valence-corrected chi connectivity index (χ3v) is 3.55. The number of anilines is 1. The summed E-state index contributed by atoms with van der Waals surface area (Å²) >= 11 is 0. The molecule has 0 radical (unpaired) electrons. The molecule has 0 fully saturated rings. The van der Waals surface area contributed by atoms with Gasteiger partial charge in [-0.3, -0.25) is 19.2 Å². The molecule has 1 aromatic rings. The van der Waals surface area contributed by atoms with Crippen molar-refractivity contribution in [1.82, 2.24) is 5.32 Å². The molecular weight excluding hydrogens is 352 g/mol. The second-order valence-corrected chi connectivity index (χ2v) is 5.85. The number of ketones is 1. The van der Waals surface area contributed by atoms with Crippen LogP contribution in [0, 0.1) is 6.92 Å². The Bertz CT molecular complexity index is 681. The van der Waals surface area contributed by atoms with E-state index in [4.69, 9.17) is 9.47 Å². The zero-order valence-electron chi connectivity index (χ0n) is 16.2. The first kappa shape index (κ1) is 22.1. The van der Waals surface area contributed by atoms with Gasteiger partial charge in [-0.25, -0.2) is 0 Å². The van der Waals surface area contributed by atoms with E-state index in [1.54, 1.807) is 43.9 Å². The van der Waals surface area contributed by atoms with Gasteiger partial charge >= 0.3 is 11.9 Å². The maximum atomic E-state index is 12.1. The average Bonchev–Trinajstić information content (AvgIpc) is 2.59. The summed E-state index contributed by atoms with van der Waals surface area (Å²) in [4.78, 5) is 48.4. The fourth-order valence-corrected chi connectivity index (χ4v) is 2.41. The number of benzene rings is 1. The highest BCUT2D eigenvalue weighted by Gasteiger charge is 2.19. The number of ether oxygens (including phenoxy) is 2. The van der Waals surface area contributed by atoms with Crippen LogP contribution in [0.4, 0.5) is 5.69 Å². The molecule has 0 spiro atoms. The summed E-state index contributed by atoms with van der Waals surface area (Å²) in [5.41, 5.74) is 1.68. The van der Waals surface area contributed by atoms with Crippen molar-refractivity contribution in [3.63, 3.8) is 0 Å². The van der Waals surface area contributed by atoms with Crippen LogP contribution in [0.25, 0.3) is 0 Å². The third kappa shape index (κ3) is 7.47. The minimum Gasteiger partial charge on any atom is -0.465 e. The second kappa shape index (κ2) is 10.9. The lowest BCUT2D eigenvalue weighted by Crippen LogP contribution is -2.36. The SMILES string of the molecule is CCOC(=O)CN(CC(=O)OCC)c1ccc(C(=O)NCC(C)=O)cc1C. The number of aryl methyl sites for hydroxylation is 1.